The molecule has 2 heterocycles. The van der Waals surface area contributed by atoms with E-state index in [-0.39, 0.29) is 17.4 Å². The van der Waals surface area contributed by atoms with Crippen LogP contribution in [-0.2, 0) is 14.3 Å². The zero-order valence-electron chi connectivity index (χ0n) is 13.1. The van der Waals surface area contributed by atoms with Crippen molar-refractivity contribution in [2.45, 2.75) is 32.2 Å². The Kier molecular flexibility index (Phi) is 3.91. The van der Waals surface area contributed by atoms with Crippen LogP contribution < -0.4 is 10.2 Å². The standard InChI is InChI=1S/C17H22N2O3/c1-12-3-5-13(6-4-12)19-9-7-14(16(19)21)15(20)18-17(2)8-10-22-11-17/h3-6,14H,7-11H2,1-2H3,(H,18,20)/t14-,17+/m1/s1. The highest BCUT2D eigenvalue weighted by molar-refractivity contribution is 6.09. The number of hydrogen-bond acceptors (Lipinski definition) is 3. The number of benzene rings is 1. The molecule has 5 nitrogen and oxygen atoms in total. The van der Waals surface area contributed by atoms with Gasteiger partial charge in [-0.1, -0.05) is 17.7 Å². The van der Waals surface area contributed by atoms with Crippen LogP contribution in [0.1, 0.15) is 25.3 Å². The van der Waals surface area contributed by atoms with Gasteiger partial charge in [-0.3, -0.25) is 9.59 Å². The summed E-state index contributed by atoms with van der Waals surface area (Å²) in [7, 11) is 0. The second-order valence-electron chi connectivity index (χ2n) is 6.52. The number of rotatable bonds is 3. The van der Waals surface area contributed by atoms with E-state index in [1.807, 2.05) is 38.1 Å². The molecule has 0 unspecified atom stereocenters. The molecule has 0 saturated carbocycles. The van der Waals surface area contributed by atoms with Crippen molar-refractivity contribution in [1.82, 2.24) is 5.32 Å². The van der Waals surface area contributed by atoms with E-state index in [4.69, 9.17) is 4.74 Å². The third-order valence-corrected chi connectivity index (χ3v) is 4.51. The highest BCUT2D eigenvalue weighted by Gasteiger charge is 2.41. The molecule has 22 heavy (non-hydrogen) atoms. The minimum Gasteiger partial charge on any atom is -0.379 e. The van der Waals surface area contributed by atoms with Gasteiger partial charge in [0.2, 0.25) is 11.8 Å². The zero-order chi connectivity index (χ0) is 15.7. The first-order valence-electron chi connectivity index (χ1n) is 7.76. The number of ether oxygens (including phenoxy) is 1. The van der Waals surface area contributed by atoms with Gasteiger partial charge in [0, 0.05) is 18.8 Å². The number of amides is 2. The topological polar surface area (TPSA) is 58.6 Å². The molecular weight excluding hydrogens is 280 g/mol. The lowest BCUT2D eigenvalue weighted by molar-refractivity contribution is -0.133. The summed E-state index contributed by atoms with van der Waals surface area (Å²) in [5.74, 6) is -0.866. The normalized spacial score (nSPS) is 28.2. The largest absolute Gasteiger partial charge is 0.379 e. The van der Waals surface area contributed by atoms with E-state index in [1.54, 1.807) is 4.90 Å². The van der Waals surface area contributed by atoms with Crippen LogP contribution in [0.3, 0.4) is 0 Å². The van der Waals surface area contributed by atoms with Crippen molar-refractivity contribution in [2.75, 3.05) is 24.7 Å². The average molecular weight is 302 g/mol. The van der Waals surface area contributed by atoms with Crippen LogP contribution in [0.5, 0.6) is 0 Å². The predicted octanol–water partition coefficient (Wildman–Crippen LogP) is 1.64. The fraction of sp³-hybridized carbons (Fsp3) is 0.529. The van der Waals surface area contributed by atoms with Crippen LogP contribution >= 0.6 is 0 Å². The molecule has 118 valence electrons. The van der Waals surface area contributed by atoms with Gasteiger partial charge in [-0.15, -0.1) is 0 Å². The minimum atomic E-state index is -0.585. The molecule has 0 spiro atoms. The Morgan fingerprint density at radius 3 is 2.73 bits per heavy atom. The molecule has 2 saturated heterocycles. The molecule has 5 heteroatoms. The van der Waals surface area contributed by atoms with Crippen LogP contribution in [0.15, 0.2) is 24.3 Å². The Morgan fingerprint density at radius 1 is 1.36 bits per heavy atom. The number of aryl methyl sites for hydroxylation is 1. The fourth-order valence-corrected chi connectivity index (χ4v) is 3.05. The van der Waals surface area contributed by atoms with Crippen LogP contribution in [0.25, 0.3) is 0 Å². The second-order valence-corrected chi connectivity index (χ2v) is 6.52. The number of carbonyl (C=O) groups excluding carboxylic acids is 2. The van der Waals surface area contributed by atoms with E-state index >= 15 is 0 Å². The summed E-state index contributed by atoms with van der Waals surface area (Å²) >= 11 is 0. The zero-order valence-corrected chi connectivity index (χ0v) is 13.1. The van der Waals surface area contributed by atoms with Gasteiger partial charge in [0.25, 0.3) is 0 Å². The minimum absolute atomic E-state index is 0.108. The molecular formula is C17H22N2O3. The molecule has 0 radical (unpaired) electrons. The molecule has 0 bridgehead atoms. The number of nitrogens with zero attached hydrogens (tertiary/aromatic N) is 1. The van der Waals surface area contributed by atoms with Crippen molar-refractivity contribution >= 4 is 17.5 Å². The summed E-state index contributed by atoms with van der Waals surface area (Å²) in [6, 6.07) is 7.82. The quantitative estimate of drug-likeness (QED) is 0.864. The SMILES string of the molecule is Cc1ccc(N2CC[C@H](C(=O)N[C@@]3(C)CCOC3)C2=O)cc1. The maximum absolute atomic E-state index is 12.5. The van der Waals surface area contributed by atoms with E-state index in [0.29, 0.717) is 26.2 Å². The smallest absolute Gasteiger partial charge is 0.239 e. The van der Waals surface area contributed by atoms with Crippen molar-refractivity contribution < 1.29 is 14.3 Å². The molecule has 2 amide bonds. The molecule has 2 aliphatic rings. The van der Waals surface area contributed by atoms with Crippen LogP contribution in [0.2, 0.25) is 0 Å². The molecule has 2 fully saturated rings. The third kappa shape index (κ3) is 2.86. The van der Waals surface area contributed by atoms with Crippen LogP contribution in [0.4, 0.5) is 5.69 Å². The highest BCUT2D eigenvalue weighted by atomic mass is 16.5. The van der Waals surface area contributed by atoms with Gasteiger partial charge < -0.3 is 15.0 Å². The molecule has 1 N–H and O–H groups in total. The molecule has 3 rings (SSSR count). The third-order valence-electron chi connectivity index (χ3n) is 4.51. The molecule has 0 aromatic heterocycles. The fourth-order valence-electron chi connectivity index (χ4n) is 3.05. The number of nitrogens with one attached hydrogen (secondary N) is 1. The van der Waals surface area contributed by atoms with Crippen molar-refractivity contribution in [1.29, 1.82) is 0 Å². The van der Waals surface area contributed by atoms with Crippen molar-refractivity contribution in [3.8, 4) is 0 Å². The second kappa shape index (κ2) is 5.72. The van der Waals surface area contributed by atoms with Crippen molar-refractivity contribution in [3.05, 3.63) is 29.8 Å². The summed E-state index contributed by atoms with van der Waals surface area (Å²) in [6.07, 6.45) is 1.36. The summed E-state index contributed by atoms with van der Waals surface area (Å²) in [5.41, 5.74) is 1.68. The van der Waals surface area contributed by atoms with E-state index < -0.39 is 5.92 Å². The maximum atomic E-state index is 12.5. The lowest BCUT2D eigenvalue weighted by Gasteiger charge is -2.25. The number of hydrogen-bond donors (Lipinski definition) is 1. The Morgan fingerprint density at radius 2 is 2.09 bits per heavy atom. The van der Waals surface area contributed by atoms with Gasteiger partial charge in [-0.2, -0.15) is 0 Å². The molecule has 0 aliphatic carbocycles. The Bertz CT molecular complexity index is 576. The van der Waals surface area contributed by atoms with E-state index in [9.17, 15) is 9.59 Å². The number of carbonyl (C=O) groups is 2. The average Bonchev–Trinajstić information content (AvgIpc) is 3.06. The summed E-state index contributed by atoms with van der Waals surface area (Å²) < 4.78 is 5.34. The van der Waals surface area contributed by atoms with E-state index in [1.165, 1.54) is 0 Å². The van der Waals surface area contributed by atoms with Crippen molar-refractivity contribution in [2.24, 2.45) is 5.92 Å². The molecule has 1 aromatic carbocycles. The van der Waals surface area contributed by atoms with Crippen molar-refractivity contribution in [3.63, 3.8) is 0 Å². The predicted molar refractivity (Wildman–Crippen MR) is 83.6 cm³/mol. The van der Waals surface area contributed by atoms with E-state index in [0.717, 1.165) is 17.7 Å². The highest BCUT2D eigenvalue weighted by Crippen LogP contribution is 2.27. The van der Waals surface area contributed by atoms with Gasteiger partial charge in [-0.25, -0.2) is 0 Å². The lowest BCUT2D eigenvalue weighted by Crippen LogP contribution is -2.50. The maximum Gasteiger partial charge on any atom is 0.239 e. The summed E-state index contributed by atoms with van der Waals surface area (Å²) in [4.78, 5) is 26.7. The number of anilines is 1. The van der Waals surface area contributed by atoms with Gasteiger partial charge in [0.1, 0.15) is 5.92 Å². The Hall–Kier alpha value is -1.88. The van der Waals surface area contributed by atoms with Crippen LogP contribution in [0, 0.1) is 12.8 Å². The van der Waals surface area contributed by atoms with Crippen LogP contribution in [-0.4, -0.2) is 37.1 Å². The first kappa shape index (κ1) is 15.0. The Balaban J connectivity index is 1.68. The van der Waals surface area contributed by atoms with Gasteiger partial charge >= 0.3 is 0 Å². The first-order chi connectivity index (χ1) is 10.5. The summed E-state index contributed by atoms with van der Waals surface area (Å²) in [6.45, 7) is 5.74. The summed E-state index contributed by atoms with van der Waals surface area (Å²) in [5, 5.41) is 3.00. The van der Waals surface area contributed by atoms with Gasteiger partial charge in [-0.05, 0) is 38.8 Å². The van der Waals surface area contributed by atoms with Gasteiger partial charge in [0.15, 0.2) is 0 Å². The van der Waals surface area contributed by atoms with E-state index in [2.05, 4.69) is 5.32 Å². The van der Waals surface area contributed by atoms with Gasteiger partial charge in [0.05, 0.1) is 12.1 Å². The lowest BCUT2D eigenvalue weighted by atomic mass is 9.99. The molecule has 2 atom stereocenters. The molecule has 2 aliphatic heterocycles. The molecule has 1 aromatic rings. The first-order valence-corrected chi connectivity index (χ1v) is 7.76. The monoisotopic (exact) mass is 302 g/mol. The Labute approximate surface area is 130 Å².